The highest BCUT2D eigenvalue weighted by Gasteiger charge is 2.15. The summed E-state index contributed by atoms with van der Waals surface area (Å²) >= 11 is 0. The molecule has 0 spiro atoms. The number of nitrogens with one attached hydrogen (secondary N) is 1. The minimum absolute atomic E-state index is 0.211. The Hall–Kier alpha value is -1.72. The van der Waals surface area contributed by atoms with Crippen LogP contribution >= 0.6 is 0 Å². The summed E-state index contributed by atoms with van der Waals surface area (Å²) in [5, 5.41) is 9.88. The SMILES string of the molecule is CC(C)(C)OC(=O)NCc1nccnn1. The Labute approximate surface area is 88.1 Å². The molecule has 6 nitrogen and oxygen atoms in total. The number of hydrogen-bond donors (Lipinski definition) is 1. The lowest BCUT2D eigenvalue weighted by atomic mass is 10.2. The van der Waals surface area contributed by atoms with Crippen LogP contribution in [0.25, 0.3) is 0 Å². The highest BCUT2D eigenvalue weighted by molar-refractivity contribution is 5.67. The van der Waals surface area contributed by atoms with Gasteiger partial charge in [0.2, 0.25) is 0 Å². The molecule has 1 aromatic heterocycles. The van der Waals surface area contributed by atoms with Crippen LogP contribution in [0.2, 0.25) is 0 Å². The van der Waals surface area contributed by atoms with Gasteiger partial charge < -0.3 is 10.1 Å². The van der Waals surface area contributed by atoms with E-state index in [1.165, 1.54) is 12.4 Å². The van der Waals surface area contributed by atoms with Gasteiger partial charge in [0.25, 0.3) is 0 Å². The van der Waals surface area contributed by atoms with Crippen molar-refractivity contribution in [3.63, 3.8) is 0 Å². The lowest BCUT2D eigenvalue weighted by Crippen LogP contribution is -2.32. The molecule has 1 amide bonds. The van der Waals surface area contributed by atoms with Gasteiger partial charge in [-0.15, -0.1) is 5.10 Å². The zero-order valence-corrected chi connectivity index (χ0v) is 9.02. The van der Waals surface area contributed by atoms with E-state index in [1.807, 2.05) is 0 Å². The largest absolute Gasteiger partial charge is 0.444 e. The van der Waals surface area contributed by atoms with Gasteiger partial charge in [-0.25, -0.2) is 9.78 Å². The van der Waals surface area contributed by atoms with E-state index in [-0.39, 0.29) is 6.54 Å². The molecule has 0 unspecified atom stereocenters. The summed E-state index contributed by atoms with van der Waals surface area (Å²) in [7, 11) is 0. The fraction of sp³-hybridized carbons (Fsp3) is 0.556. The predicted octanol–water partition coefficient (Wildman–Crippen LogP) is 0.896. The zero-order chi connectivity index (χ0) is 11.3. The van der Waals surface area contributed by atoms with Crippen molar-refractivity contribution in [3.05, 3.63) is 18.2 Å². The van der Waals surface area contributed by atoms with E-state index in [0.29, 0.717) is 5.82 Å². The second-order valence-electron chi connectivity index (χ2n) is 3.91. The van der Waals surface area contributed by atoms with Crippen LogP contribution in [0.15, 0.2) is 12.4 Å². The van der Waals surface area contributed by atoms with Crippen LogP contribution in [0.4, 0.5) is 4.79 Å². The number of hydrogen-bond acceptors (Lipinski definition) is 5. The maximum Gasteiger partial charge on any atom is 0.408 e. The van der Waals surface area contributed by atoms with Gasteiger partial charge in [-0.3, -0.25) is 0 Å². The molecule has 82 valence electrons. The topological polar surface area (TPSA) is 77.0 Å². The molecule has 1 aromatic rings. The van der Waals surface area contributed by atoms with Gasteiger partial charge in [0, 0.05) is 6.20 Å². The second kappa shape index (κ2) is 4.68. The highest BCUT2D eigenvalue weighted by atomic mass is 16.6. The monoisotopic (exact) mass is 210 g/mol. The molecule has 1 rings (SSSR count). The predicted molar refractivity (Wildman–Crippen MR) is 52.9 cm³/mol. The first-order chi connectivity index (χ1) is 6.97. The van der Waals surface area contributed by atoms with E-state index in [1.54, 1.807) is 20.8 Å². The second-order valence-corrected chi connectivity index (χ2v) is 3.91. The van der Waals surface area contributed by atoms with Crippen LogP contribution in [-0.2, 0) is 11.3 Å². The number of carbonyl (C=O) groups excluding carboxylic acids is 1. The molecule has 0 saturated carbocycles. The number of rotatable bonds is 2. The molecule has 0 fully saturated rings. The Bertz CT molecular complexity index is 321. The van der Waals surface area contributed by atoms with Crippen LogP contribution in [0.3, 0.4) is 0 Å². The normalized spacial score (nSPS) is 10.9. The maximum atomic E-state index is 11.2. The molecule has 0 aliphatic carbocycles. The average molecular weight is 210 g/mol. The van der Waals surface area contributed by atoms with Crippen molar-refractivity contribution in [2.75, 3.05) is 0 Å². The summed E-state index contributed by atoms with van der Waals surface area (Å²) < 4.78 is 5.03. The van der Waals surface area contributed by atoms with Gasteiger partial charge in [-0.1, -0.05) is 0 Å². The molecular weight excluding hydrogens is 196 g/mol. The maximum absolute atomic E-state index is 11.2. The first-order valence-corrected chi connectivity index (χ1v) is 4.57. The lowest BCUT2D eigenvalue weighted by molar-refractivity contribution is 0.0522. The Kier molecular flexibility index (Phi) is 3.54. The van der Waals surface area contributed by atoms with Gasteiger partial charge in [-0.05, 0) is 20.8 Å². The van der Waals surface area contributed by atoms with Crippen LogP contribution in [0.5, 0.6) is 0 Å². The zero-order valence-electron chi connectivity index (χ0n) is 9.02. The summed E-state index contributed by atoms with van der Waals surface area (Å²) in [6, 6.07) is 0. The first kappa shape index (κ1) is 11.4. The van der Waals surface area contributed by atoms with E-state index in [4.69, 9.17) is 4.74 Å². The Morgan fingerprint density at radius 1 is 1.47 bits per heavy atom. The molecule has 6 heteroatoms. The fourth-order valence-corrected chi connectivity index (χ4v) is 0.821. The van der Waals surface area contributed by atoms with E-state index >= 15 is 0 Å². The van der Waals surface area contributed by atoms with Crippen LogP contribution in [0.1, 0.15) is 26.6 Å². The number of aromatic nitrogens is 3. The molecular formula is C9H14N4O2. The third kappa shape index (κ3) is 4.90. The van der Waals surface area contributed by atoms with Crippen molar-refractivity contribution < 1.29 is 9.53 Å². The van der Waals surface area contributed by atoms with E-state index in [0.717, 1.165) is 0 Å². The third-order valence-corrected chi connectivity index (χ3v) is 1.32. The number of alkyl carbamates (subject to hydrolysis) is 1. The van der Waals surface area contributed by atoms with Crippen molar-refractivity contribution in [3.8, 4) is 0 Å². The summed E-state index contributed by atoms with van der Waals surface area (Å²) in [6.45, 7) is 5.61. The Balaban J connectivity index is 2.35. The minimum Gasteiger partial charge on any atom is -0.444 e. The van der Waals surface area contributed by atoms with Crippen LogP contribution < -0.4 is 5.32 Å². The minimum atomic E-state index is -0.500. The van der Waals surface area contributed by atoms with Crippen molar-refractivity contribution in [2.24, 2.45) is 0 Å². The van der Waals surface area contributed by atoms with Gasteiger partial charge in [0.15, 0.2) is 5.82 Å². The Morgan fingerprint density at radius 3 is 2.73 bits per heavy atom. The number of carbonyl (C=O) groups is 1. The van der Waals surface area contributed by atoms with Crippen molar-refractivity contribution in [1.29, 1.82) is 0 Å². The van der Waals surface area contributed by atoms with Crippen molar-refractivity contribution >= 4 is 6.09 Å². The van der Waals surface area contributed by atoms with E-state index in [9.17, 15) is 4.79 Å². The molecule has 0 aliphatic rings. The Morgan fingerprint density at radius 2 is 2.20 bits per heavy atom. The lowest BCUT2D eigenvalue weighted by Gasteiger charge is -2.19. The summed E-state index contributed by atoms with van der Waals surface area (Å²) in [6.07, 6.45) is 2.49. The first-order valence-electron chi connectivity index (χ1n) is 4.57. The number of ether oxygens (including phenoxy) is 1. The van der Waals surface area contributed by atoms with E-state index in [2.05, 4.69) is 20.5 Å². The third-order valence-electron chi connectivity index (χ3n) is 1.32. The molecule has 0 aromatic carbocycles. The standard InChI is InChI=1S/C9H14N4O2/c1-9(2,3)15-8(14)11-6-7-10-4-5-12-13-7/h4-5H,6H2,1-3H3,(H,11,14). The highest BCUT2D eigenvalue weighted by Crippen LogP contribution is 2.06. The van der Waals surface area contributed by atoms with Crippen LogP contribution in [-0.4, -0.2) is 26.9 Å². The number of nitrogens with zero attached hydrogens (tertiary/aromatic N) is 3. The molecule has 0 saturated heterocycles. The molecule has 0 radical (unpaired) electrons. The van der Waals surface area contributed by atoms with E-state index < -0.39 is 11.7 Å². The summed E-state index contributed by atoms with van der Waals surface area (Å²) in [5.74, 6) is 0.448. The van der Waals surface area contributed by atoms with Crippen LogP contribution in [0, 0.1) is 0 Å². The van der Waals surface area contributed by atoms with Crippen molar-refractivity contribution in [1.82, 2.24) is 20.5 Å². The van der Waals surface area contributed by atoms with Gasteiger partial charge >= 0.3 is 6.09 Å². The van der Waals surface area contributed by atoms with Gasteiger partial charge in [0.1, 0.15) is 5.60 Å². The number of amides is 1. The van der Waals surface area contributed by atoms with Crippen molar-refractivity contribution in [2.45, 2.75) is 32.9 Å². The average Bonchev–Trinajstić information content (AvgIpc) is 2.14. The quantitative estimate of drug-likeness (QED) is 0.784. The smallest absolute Gasteiger partial charge is 0.408 e. The summed E-state index contributed by atoms with van der Waals surface area (Å²) in [5.41, 5.74) is -0.500. The molecule has 0 bridgehead atoms. The molecule has 0 aliphatic heterocycles. The fourth-order valence-electron chi connectivity index (χ4n) is 0.821. The molecule has 1 N–H and O–H groups in total. The molecule has 0 atom stereocenters. The summed E-state index contributed by atoms with van der Waals surface area (Å²) in [4.78, 5) is 15.1. The van der Waals surface area contributed by atoms with Gasteiger partial charge in [0.05, 0.1) is 12.7 Å². The molecule has 1 heterocycles. The molecule has 15 heavy (non-hydrogen) atoms. The van der Waals surface area contributed by atoms with Gasteiger partial charge in [-0.2, -0.15) is 5.10 Å².